The molecule has 1 amide bonds. The number of ketones is 1. The van der Waals surface area contributed by atoms with Gasteiger partial charge in [-0.15, -0.1) is 0 Å². The molecule has 29 heavy (non-hydrogen) atoms. The van der Waals surface area contributed by atoms with Crippen molar-refractivity contribution in [3.63, 3.8) is 0 Å². The predicted molar refractivity (Wildman–Crippen MR) is 110 cm³/mol. The predicted octanol–water partition coefficient (Wildman–Crippen LogP) is 3.79. The van der Waals surface area contributed by atoms with Crippen LogP contribution in [0.15, 0.2) is 21.3 Å². The molecule has 6 nitrogen and oxygen atoms in total. The highest BCUT2D eigenvalue weighted by Crippen LogP contribution is 2.43. The highest BCUT2D eigenvalue weighted by atomic mass is 16.5. The third-order valence-corrected chi connectivity index (χ3v) is 6.32. The summed E-state index contributed by atoms with van der Waals surface area (Å²) in [5, 5.41) is 0.827. The van der Waals surface area contributed by atoms with E-state index in [1.165, 1.54) is 6.07 Å². The van der Waals surface area contributed by atoms with E-state index in [1.54, 1.807) is 11.8 Å². The van der Waals surface area contributed by atoms with E-state index in [1.807, 2.05) is 13.0 Å². The average Bonchev–Trinajstić information content (AvgIpc) is 2.68. The average molecular weight is 397 g/mol. The van der Waals surface area contributed by atoms with E-state index in [-0.39, 0.29) is 17.3 Å². The number of carbonyl (C=O) groups is 2. The van der Waals surface area contributed by atoms with Gasteiger partial charge in [-0.3, -0.25) is 9.59 Å². The Kier molecular flexibility index (Phi) is 4.97. The molecule has 2 aliphatic heterocycles. The number of benzene rings is 1. The molecule has 0 aliphatic carbocycles. The zero-order chi connectivity index (χ0) is 20.8. The maximum absolute atomic E-state index is 13.1. The van der Waals surface area contributed by atoms with Gasteiger partial charge in [-0.1, -0.05) is 13.3 Å². The Morgan fingerprint density at radius 2 is 1.93 bits per heavy atom. The van der Waals surface area contributed by atoms with Crippen molar-refractivity contribution in [3.8, 4) is 5.75 Å². The van der Waals surface area contributed by atoms with Crippen molar-refractivity contribution in [2.45, 2.75) is 64.9 Å². The Morgan fingerprint density at radius 3 is 2.59 bits per heavy atom. The first-order valence-electron chi connectivity index (χ1n) is 10.4. The third-order valence-electron chi connectivity index (χ3n) is 6.32. The Labute approximate surface area is 169 Å². The first-order chi connectivity index (χ1) is 13.8. The number of likely N-dealkylation sites (tertiary alicyclic amines) is 1. The van der Waals surface area contributed by atoms with Crippen molar-refractivity contribution in [2.24, 2.45) is 0 Å². The van der Waals surface area contributed by atoms with Crippen LogP contribution in [0.1, 0.15) is 67.4 Å². The van der Waals surface area contributed by atoms with Crippen LogP contribution in [0.2, 0.25) is 0 Å². The summed E-state index contributed by atoms with van der Waals surface area (Å²) in [4.78, 5) is 38.7. The molecule has 1 aromatic carbocycles. The zero-order valence-electron chi connectivity index (χ0n) is 17.3. The van der Waals surface area contributed by atoms with Crippen LogP contribution in [0.5, 0.6) is 5.75 Å². The van der Waals surface area contributed by atoms with E-state index in [2.05, 4.69) is 6.92 Å². The number of piperidine rings is 1. The topological polar surface area (TPSA) is 76.8 Å². The summed E-state index contributed by atoms with van der Waals surface area (Å²) < 4.78 is 12.0. The van der Waals surface area contributed by atoms with Crippen LogP contribution >= 0.6 is 0 Å². The molecule has 0 bridgehead atoms. The number of amides is 1. The maximum atomic E-state index is 13.1. The fraction of sp³-hybridized carbons (Fsp3) is 0.522. The van der Waals surface area contributed by atoms with Crippen molar-refractivity contribution in [3.05, 3.63) is 39.2 Å². The number of Topliss-reactive ketones (excluding diaryl/α,β-unsaturated/α-hetero) is 1. The van der Waals surface area contributed by atoms with Crippen LogP contribution in [-0.4, -0.2) is 35.3 Å². The number of nitrogens with zero attached hydrogens (tertiary/aromatic N) is 1. The lowest BCUT2D eigenvalue weighted by molar-refractivity contribution is -0.132. The van der Waals surface area contributed by atoms with Gasteiger partial charge in [0.2, 0.25) is 5.91 Å². The van der Waals surface area contributed by atoms with Crippen LogP contribution < -0.4 is 10.4 Å². The molecule has 2 aliphatic rings. The summed E-state index contributed by atoms with van der Waals surface area (Å²) >= 11 is 0. The second-order valence-electron chi connectivity index (χ2n) is 8.34. The minimum absolute atomic E-state index is 0.0472. The Bertz CT molecular complexity index is 1040. The molecule has 0 unspecified atom stereocenters. The third kappa shape index (κ3) is 3.45. The normalized spacial score (nSPS) is 18.0. The van der Waals surface area contributed by atoms with E-state index in [0.29, 0.717) is 54.8 Å². The first-order valence-corrected chi connectivity index (χ1v) is 10.4. The number of ether oxygens (including phenoxy) is 1. The highest BCUT2D eigenvalue weighted by Gasteiger charge is 2.44. The molecule has 1 fully saturated rings. The smallest absolute Gasteiger partial charge is 0.336 e. The van der Waals surface area contributed by atoms with Gasteiger partial charge in [-0.2, -0.15) is 0 Å². The fourth-order valence-electron chi connectivity index (χ4n) is 4.56. The van der Waals surface area contributed by atoms with Gasteiger partial charge in [0.25, 0.3) is 0 Å². The molecule has 3 heterocycles. The highest BCUT2D eigenvalue weighted by molar-refractivity contribution is 6.05. The summed E-state index contributed by atoms with van der Waals surface area (Å²) in [7, 11) is 0. The Morgan fingerprint density at radius 1 is 1.21 bits per heavy atom. The molecule has 1 aromatic heterocycles. The minimum Gasteiger partial charge on any atom is -0.485 e. The molecule has 6 heteroatoms. The van der Waals surface area contributed by atoms with E-state index >= 15 is 0 Å². The van der Waals surface area contributed by atoms with Crippen LogP contribution in [-0.2, 0) is 11.2 Å². The number of fused-ring (bicyclic) bond motifs is 2. The Hall–Kier alpha value is -2.63. The van der Waals surface area contributed by atoms with Crippen LogP contribution in [0.4, 0.5) is 0 Å². The van der Waals surface area contributed by atoms with Gasteiger partial charge in [0.1, 0.15) is 16.9 Å². The molecular weight excluding hydrogens is 370 g/mol. The number of unbranched alkanes of at least 4 members (excludes halogenated alkanes) is 1. The number of rotatable bonds is 3. The number of hydrogen-bond donors (Lipinski definition) is 0. The van der Waals surface area contributed by atoms with Crippen molar-refractivity contribution in [1.82, 2.24) is 4.90 Å². The summed E-state index contributed by atoms with van der Waals surface area (Å²) in [6.45, 7) is 6.69. The molecule has 1 spiro atoms. The summed E-state index contributed by atoms with van der Waals surface area (Å²) in [6, 6.07) is 3.38. The lowest BCUT2D eigenvalue weighted by atomic mass is 9.81. The second-order valence-corrected chi connectivity index (χ2v) is 8.34. The van der Waals surface area contributed by atoms with Crippen molar-refractivity contribution in [2.75, 3.05) is 13.1 Å². The van der Waals surface area contributed by atoms with E-state index in [9.17, 15) is 14.4 Å². The molecular formula is C23H27NO5. The molecule has 2 aromatic rings. The van der Waals surface area contributed by atoms with Crippen LogP contribution in [0.3, 0.4) is 0 Å². The van der Waals surface area contributed by atoms with Crippen LogP contribution in [0.25, 0.3) is 11.0 Å². The standard InChI is InChI=1S/C23H27NO5/c1-4-5-6-16-11-20(27)28-21-14(2)22-18(12-17(16)21)19(26)13-23(29-22)7-9-24(10-8-23)15(3)25/h11-12H,4-10,13H2,1-3H3. The van der Waals surface area contributed by atoms with Crippen molar-refractivity contribution >= 4 is 22.7 Å². The minimum atomic E-state index is -0.589. The lowest BCUT2D eigenvalue weighted by Gasteiger charge is -2.44. The quantitative estimate of drug-likeness (QED) is 0.737. The fourth-order valence-corrected chi connectivity index (χ4v) is 4.56. The van der Waals surface area contributed by atoms with Gasteiger partial charge < -0.3 is 14.1 Å². The van der Waals surface area contributed by atoms with Crippen molar-refractivity contribution in [1.29, 1.82) is 0 Å². The molecule has 154 valence electrons. The van der Waals surface area contributed by atoms with Crippen molar-refractivity contribution < 1.29 is 18.7 Å². The van der Waals surface area contributed by atoms with E-state index < -0.39 is 5.60 Å². The molecule has 4 rings (SSSR count). The van der Waals surface area contributed by atoms with Gasteiger partial charge >= 0.3 is 5.63 Å². The SMILES string of the molecule is CCCCc1cc(=O)oc2c(C)c3c(cc12)C(=O)CC1(CCN(C(C)=O)CC1)O3. The monoisotopic (exact) mass is 397 g/mol. The van der Waals surface area contributed by atoms with Gasteiger partial charge in [0.05, 0.1) is 12.0 Å². The zero-order valence-corrected chi connectivity index (χ0v) is 17.3. The van der Waals surface area contributed by atoms with E-state index in [0.717, 1.165) is 30.2 Å². The van der Waals surface area contributed by atoms with Crippen LogP contribution in [0, 0.1) is 6.92 Å². The number of aryl methyl sites for hydroxylation is 2. The summed E-state index contributed by atoms with van der Waals surface area (Å²) in [6.07, 6.45) is 4.32. The van der Waals surface area contributed by atoms with Gasteiger partial charge in [0.15, 0.2) is 5.78 Å². The largest absolute Gasteiger partial charge is 0.485 e. The first kappa shape index (κ1) is 19.7. The Balaban J connectivity index is 1.77. The number of hydrogen-bond acceptors (Lipinski definition) is 5. The number of carbonyl (C=O) groups excluding carboxylic acids is 2. The molecule has 0 radical (unpaired) electrons. The second kappa shape index (κ2) is 7.32. The van der Waals surface area contributed by atoms with Gasteiger partial charge in [-0.25, -0.2) is 4.79 Å². The molecule has 0 N–H and O–H groups in total. The molecule has 1 saturated heterocycles. The van der Waals surface area contributed by atoms with Gasteiger partial charge in [-0.05, 0) is 31.4 Å². The maximum Gasteiger partial charge on any atom is 0.336 e. The molecule has 0 atom stereocenters. The van der Waals surface area contributed by atoms with Gasteiger partial charge in [0, 0.05) is 49.9 Å². The molecule has 0 saturated carbocycles. The lowest BCUT2D eigenvalue weighted by Crippen LogP contribution is -2.52. The summed E-state index contributed by atoms with van der Waals surface area (Å²) in [5.74, 6) is 0.631. The van der Waals surface area contributed by atoms with E-state index in [4.69, 9.17) is 9.15 Å². The summed E-state index contributed by atoms with van der Waals surface area (Å²) in [5.41, 5.74) is 1.74.